The Morgan fingerprint density at radius 3 is 2.53 bits per heavy atom. The predicted octanol–water partition coefficient (Wildman–Crippen LogP) is 2.47. The van der Waals surface area contributed by atoms with Gasteiger partial charge >= 0.3 is 0 Å². The number of nitrogens with two attached hydrogens (primary N) is 1. The molecular weight excluding hydrogens is 258 g/mol. The van der Waals surface area contributed by atoms with Gasteiger partial charge in [0.25, 0.3) is 0 Å². The summed E-state index contributed by atoms with van der Waals surface area (Å²) in [7, 11) is -2.84. The third-order valence-corrected chi connectivity index (χ3v) is 5.31. The molecule has 0 spiro atoms. The minimum Gasteiger partial charge on any atom is -0.328 e. The highest BCUT2D eigenvalue weighted by molar-refractivity contribution is 7.91. The van der Waals surface area contributed by atoms with Crippen LogP contribution >= 0.6 is 0 Å². The molecule has 0 fully saturated rings. The van der Waals surface area contributed by atoms with Crippen LogP contribution in [-0.2, 0) is 16.3 Å². The number of benzene rings is 1. The van der Waals surface area contributed by atoms with Gasteiger partial charge in [-0.2, -0.15) is 0 Å². The standard InChI is InChI=1S/C15H25NO2S/c1-3-19(17,18)12-6-9-15(16)11-10-14-8-5-4-7-13(14)2/h4-5,7-8,15H,3,6,9-12,16H2,1-2H3. The van der Waals surface area contributed by atoms with E-state index < -0.39 is 9.84 Å². The zero-order valence-electron chi connectivity index (χ0n) is 11.9. The lowest BCUT2D eigenvalue weighted by atomic mass is 9.99. The molecule has 0 aliphatic rings. The van der Waals surface area contributed by atoms with Crippen LogP contribution in [0, 0.1) is 6.92 Å². The second-order valence-corrected chi connectivity index (χ2v) is 7.58. The number of hydrogen-bond acceptors (Lipinski definition) is 3. The Bertz CT molecular complexity index is 483. The van der Waals surface area contributed by atoms with E-state index in [4.69, 9.17) is 5.73 Å². The highest BCUT2D eigenvalue weighted by atomic mass is 32.2. The minimum absolute atomic E-state index is 0.0895. The molecule has 1 rings (SSSR count). The molecular formula is C15H25NO2S. The van der Waals surface area contributed by atoms with E-state index in [0.717, 1.165) is 19.3 Å². The van der Waals surface area contributed by atoms with Crippen molar-refractivity contribution in [1.29, 1.82) is 0 Å². The molecule has 0 saturated carbocycles. The largest absolute Gasteiger partial charge is 0.328 e. The molecule has 108 valence electrons. The second-order valence-electron chi connectivity index (χ2n) is 5.10. The summed E-state index contributed by atoms with van der Waals surface area (Å²) in [6.07, 6.45) is 3.33. The Hall–Kier alpha value is -0.870. The van der Waals surface area contributed by atoms with Crippen LogP contribution in [0.15, 0.2) is 24.3 Å². The highest BCUT2D eigenvalue weighted by Gasteiger charge is 2.09. The summed E-state index contributed by atoms with van der Waals surface area (Å²) in [5, 5.41) is 0. The van der Waals surface area contributed by atoms with E-state index in [-0.39, 0.29) is 17.5 Å². The molecule has 4 heteroatoms. The SMILES string of the molecule is CCS(=O)(=O)CCCC(N)CCc1ccccc1C. The van der Waals surface area contributed by atoms with Crippen LogP contribution in [0.3, 0.4) is 0 Å². The van der Waals surface area contributed by atoms with Crippen LogP contribution in [0.4, 0.5) is 0 Å². The first-order chi connectivity index (χ1) is 8.94. The van der Waals surface area contributed by atoms with Crippen LogP contribution < -0.4 is 5.73 Å². The van der Waals surface area contributed by atoms with Gasteiger partial charge in [0.15, 0.2) is 0 Å². The average Bonchev–Trinajstić information content (AvgIpc) is 2.37. The summed E-state index contributed by atoms with van der Waals surface area (Å²) in [4.78, 5) is 0. The maximum absolute atomic E-state index is 11.4. The van der Waals surface area contributed by atoms with Gasteiger partial charge in [-0.05, 0) is 43.7 Å². The Kier molecular flexibility index (Phi) is 6.52. The fourth-order valence-electron chi connectivity index (χ4n) is 2.09. The Balaban J connectivity index is 2.29. The molecule has 1 atom stereocenters. The molecule has 2 N–H and O–H groups in total. The summed E-state index contributed by atoms with van der Waals surface area (Å²) in [5.74, 6) is 0.493. The van der Waals surface area contributed by atoms with Crippen LogP contribution in [0.1, 0.15) is 37.3 Å². The van der Waals surface area contributed by atoms with Gasteiger partial charge in [-0.1, -0.05) is 31.2 Å². The summed E-state index contributed by atoms with van der Waals surface area (Å²) in [6.45, 7) is 3.79. The average molecular weight is 283 g/mol. The molecule has 1 aromatic rings. The number of rotatable bonds is 8. The van der Waals surface area contributed by atoms with E-state index in [0.29, 0.717) is 6.42 Å². The summed E-state index contributed by atoms with van der Waals surface area (Å²) in [6, 6.07) is 8.40. The van der Waals surface area contributed by atoms with Crippen LogP contribution in [0.5, 0.6) is 0 Å². The molecule has 1 aromatic carbocycles. The Morgan fingerprint density at radius 2 is 1.89 bits per heavy atom. The van der Waals surface area contributed by atoms with Crippen LogP contribution in [0.25, 0.3) is 0 Å². The zero-order valence-corrected chi connectivity index (χ0v) is 12.7. The van der Waals surface area contributed by atoms with Gasteiger partial charge in [0.05, 0.1) is 5.75 Å². The van der Waals surface area contributed by atoms with E-state index in [1.165, 1.54) is 11.1 Å². The third-order valence-electron chi connectivity index (χ3n) is 3.52. The van der Waals surface area contributed by atoms with Gasteiger partial charge in [0.2, 0.25) is 0 Å². The smallest absolute Gasteiger partial charge is 0.150 e. The normalized spacial score (nSPS) is 13.4. The highest BCUT2D eigenvalue weighted by Crippen LogP contribution is 2.12. The van der Waals surface area contributed by atoms with Crippen molar-refractivity contribution in [1.82, 2.24) is 0 Å². The molecule has 0 bridgehead atoms. The molecule has 0 amide bonds. The van der Waals surface area contributed by atoms with Crippen molar-refractivity contribution in [3.8, 4) is 0 Å². The van der Waals surface area contributed by atoms with Gasteiger partial charge in [0.1, 0.15) is 9.84 Å². The summed E-state index contributed by atoms with van der Waals surface area (Å²) >= 11 is 0. The lowest BCUT2D eigenvalue weighted by Crippen LogP contribution is -2.22. The monoisotopic (exact) mass is 283 g/mol. The van der Waals surface area contributed by atoms with Crippen molar-refractivity contribution in [2.45, 2.75) is 45.6 Å². The fraction of sp³-hybridized carbons (Fsp3) is 0.600. The number of sulfone groups is 1. The molecule has 0 radical (unpaired) electrons. The van der Waals surface area contributed by atoms with E-state index in [2.05, 4.69) is 19.1 Å². The quantitative estimate of drug-likeness (QED) is 0.797. The van der Waals surface area contributed by atoms with Crippen molar-refractivity contribution in [3.63, 3.8) is 0 Å². The molecule has 19 heavy (non-hydrogen) atoms. The molecule has 1 unspecified atom stereocenters. The Labute approximate surface area is 117 Å². The second kappa shape index (κ2) is 7.65. The van der Waals surface area contributed by atoms with Crippen molar-refractivity contribution < 1.29 is 8.42 Å². The molecule has 3 nitrogen and oxygen atoms in total. The van der Waals surface area contributed by atoms with Crippen molar-refractivity contribution >= 4 is 9.84 Å². The maximum Gasteiger partial charge on any atom is 0.150 e. The Morgan fingerprint density at radius 1 is 1.21 bits per heavy atom. The van der Waals surface area contributed by atoms with Crippen LogP contribution in [-0.4, -0.2) is 26.0 Å². The lowest BCUT2D eigenvalue weighted by Gasteiger charge is -2.12. The summed E-state index contributed by atoms with van der Waals surface area (Å²) < 4.78 is 22.7. The first-order valence-corrected chi connectivity index (χ1v) is 8.77. The fourth-order valence-corrected chi connectivity index (χ4v) is 2.98. The van der Waals surface area contributed by atoms with E-state index in [9.17, 15) is 8.42 Å². The molecule has 0 heterocycles. The topological polar surface area (TPSA) is 60.2 Å². The van der Waals surface area contributed by atoms with Gasteiger partial charge in [0, 0.05) is 11.8 Å². The van der Waals surface area contributed by atoms with Crippen molar-refractivity contribution in [2.24, 2.45) is 5.73 Å². The van der Waals surface area contributed by atoms with Gasteiger partial charge in [-0.3, -0.25) is 0 Å². The zero-order chi connectivity index (χ0) is 14.3. The first kappa shape index (κ1) is 16.2. The maximum atomic E-state index is 11.4. The first-order valence-electron chi connectivity index (χ1n) is 6.95. The summed E-state index contributed by atoms with van der Waals surface area (Å²) in [5.41, 5.74) is 8.67. The van der Waals surface area contributed by atoms with E-state index in [1.54, 1.807) is 6.92 Å². The molecule has 0 aliphatic heterocycles. The minimum atomic E-state index is -2.84. The lowest BCUT2D eigenvalue weighted by molar-refractivity contribution is 0.551. The van der Waals surface area contributed by atoms with Gasteiger partial charge < -0.3 is 5.73 Å². The molecule has 0 aliphatic carbocycles. The molecule has 0 saturated heterocycles. The number of hydrogen-bond donors (Lipinski definition) is 1. The predicted molar refractivity (Wildman–Crippen MR) is 81.0 cm³/mol. The van der Waals surface area contributed by atoms with E-state index >= 15 is 0 Å². The van der Waals surface area contributed by atoms with Gasteiger partial charge in [-0.15, -0.1) is 0 Å². The van der Waals surface area contributed by atoms with Crippen molar-refractivity contribution in [2.75, 3.05) is 11.5 Å². The van der Waals surface area contributed by atoms with E-state index in [1.807, 2.05) is 12.1 Å². The van der Waals surface area contributed by atoms with Crippen LogP contribution in [0.2, 0.25) is 0 Å². The van der Waals surface area contributed by atoms with Gasteiger partial charge in [-0.25, -0.2) is 8.42 Å². The molecule has 0 aromatic heterocycles. The number of aryl methyl sites for hydroxylation is 2. The van der Waals surface area contributed by atoms with Crippen molar-refractivity contribution in [3.05, 3.63) is 35.4 Å². The third kappa shape index (κ3) is 6.21.